The average Bonchev–Trinajstić information content (AvgIpc) is 3.14. The Bertz CT molecular complexity index is 1420. The molecule has 2 aromatic carbocycles. The third kappa shape index (κ3) is 3.97. The molecule has 0 unspecified atom stereocenters. The maximum absolute atomic E-state index is 14.7. The van der Waals surface area contributed by atoms with Crippen molar-refractivity contribution in [2.24, 2.45) is 0 Å². The minimum Gasteiger partial charge on any atom is -0.462 e. The molecule has 0 fully saturated rings. The SMILES string of the molecule is CCOC(=O)c1c[nH]c2nc(-c3ccc(C(F)(F)F)cc3)c(-c3ccc(F)cc3F)n2c1=O. The number of carbonyl (C=O) groups excluding carboxylic acids is 1. The summed E-state index contributed by atoms with van der Waals surface area (Å²) in [4.78, 5) is 32.2. The second-order valence-electron chi connectivity index (χ2n) is 6.90. The van der Waals surface area contributed by atoms with E-state index in [2.05, 4.69) is 9.97 Å². The van der Waals surface area contributed by atoms with Crippen molar-refractivity contribution in [3.8, 4) is 22.5 Å². The second-order valence-corrected chi connectivity index (χ2v) is 6.90. The molecule has 2 aromatic heterocycles. The van der Waals surface area contributed by atoms with Gasteiger partial charge in [0.05, 0.1) is 23.6 Å². The molecular weight excluding hydrogens is 449 g/mol. The van der Waals surface area contributed by atoms with Crippen LogP contribution in [0.25, 0.3) is 28.3 Å². The highest BCUT2D eigenvalue weighted by molar-refractivity contribution is 5.89. The number of nitrogens with zero attached hydrogens (tertiary/aromatic N) is 2. The van der Waals surface area contributed by atoms with Crippen LogP contribution in [0.5, 0.6) is 0 Å². The maximum Gasteiger partial charge on any atom is 0.416 e. The van der Waals surface area contributed by atoms with Gasteiger partial charge in [-0.1, -0.05) is 12.1 Å². The lowest BCUT2D eigenvalue weighted by Gasteiger charge is -2.09. The van der Waals surface area contributed by atoms with Gasteiger partial charge in [0.25, 0.3) is 5.56 Å². The molecule has 0 aliphatic carbocycles. The topological polar surface area (TPSA) is 76.5 Å². The first-order valence-electron chi connectivity index (χ1n) is 9.56. The van der Waals surface area contributed by atoms with Gasteiger partial charge in [-0.25, -0.2) is 23.0 Å². The Balaban J connectivity index is 2.03. The zero-order valence-corrected chi connectivity index (χ0v) is 16.8. The summed E-state index contributed by atoms with van der Waals surface area (Å²) in [5.41, 5.74) is -2.54. The number of ether oxygens (including phenoxy) is 1. The number of hydrogen-bond acceptors (Lipinski definition) is 4. The fraction of sp³-hybridized carbons (Fsp3) is 0.136. The number of nitrogens with one attached hydrogen (secondary N) is 1. The number of imidazole rings is 1. The highest BCUT2D eigenvalue weighted by atomic mass is 19.4. The van der Waals surface area contributed by atoms with Crippen molar-refractivity contribution in [3.05, 3.63) is 81.8 Å². The molecule has 0 saturated carbocycles. The molecule has 1 N–H and O–H groups in total. The third-order valence-corrected chi connectivity index (χ3v) is 4.82. The van der Waals surface area contributed by atoms with Crippen molar-refractivity contribution in [3.63, 3.8) is 0 Å². The molecule has 4 aromatic rings. The molecule has 0 saturated heterocycles. The maximum atomic E-state index is 14.7. The largest absolute Gasteiger partial charge is 0.462 e. The number of alkyl halides is 3. The molecule has 0 radical (unpaired) electrons. The summed E-state index contributed by atoms with van der Waals surface area (Å²) in [5, 5.41) is 0. The highest BCUT2D eigenvalue weighted by Gasteiger charge is 2.30. The summed E-state index contributed by atoms with van der Waals surface area (Å²) in [7, 11) is 0. The highest BCUT2D eigenvalue weighted by Crippen LogP contribution is 2.35. The molecule has 11 heteroatoms. The van der Waals surface area contributed by atoms with E-state index in [0.29, 0.717) is 6.07 Å². The summed E-state index contributed by atoms with van der Waals surface area (Å²) >= 11 is 0. The first-order valence-corrected chi connectivity index (χ1v) is 9.56. The van der Waals surface area contributed by atoms with Crippen LogP contribution in [0.3, 0.4) is 0 Å². The first kappa shape index (κ1) is 22.2. The van der Waals surface area contributed by atoms with E-state index in [1.165, 1.54) is 0 Å². The van der Waals surface area contributed by atoms with Crippen molar-refractivity contribution < 1.29 is 31.5 Å². The smallest absolute Gasteiger partial charge is 0.416 e. The predicted molar refractivity (Wildman–Crippen MR) is 108 cm³/mol. The van der Waals surface area contributed by atoms with Gasteiger partial charge in [-0.15, -0.1) is 0 Å². The van der Waals surface area contributed by atoms with Gasteiger partial charge in [0.1, 0.15) is 17.2 Å². The van der Waals surface area contributed by atoms with Crippen LogP contribution >= 0.6 is 0 Å². The number of esters is 1. The van der Waals surface area contributed by atoms with E-state index in [1.54, 1.807) is 6.92 Å². The molecule has 6 nitrogen and oxygen atoms in total. The van der Waals surface area contributed by atoms with Gasteiger partial charge in [0.2, 0.25) is 5.78 Å². The Morgan fingerprint density at radius 1 is 1.12 bits per heavy atom. The molecule has 0 amide bonds. The van der Waals surface area contributed by atoms with Gasteiger partial charge in [0, 0.05) is 23.4 Å². The Labute approximate surface area is 182 Å². The van der Waals surface area contributed by atoms with Gasteiger partial charge >= 0.3 is 12.1 Å². The van der Waals surface area contributed by atoms with E-state index in [0.717, 1.165) is 47.0 Å². The lowest BCUT2D eigenvalue weighted by molar-refractivity contribution is -0.137. The fourth-order valence-electron chi connectivity index (χ4n) is 3.34. The predicted octanol–water partition coefficient (Wildman–Crippen LogP) is 4.83. The van der Waals surface area contributed by atoms with Crippen LogP contribution in [0.1, 0.15) is 22.8 Å². The zero-order valence-electron chi connectivity index (χ0n) is 16.8. The number of rotatable bonds is 4. The lowest BCUT2D eigenvalue weighted by Crippen LogP contribution is -2.24. The van der Waals surface area contributed by atoms with Crippen LogP contribution in [0.15, 0.2) is 53.5 Å². The second kappa shape index (κ2) is 8.15. The summed E-state index contributed by atoms with van der Waals surface area (Å²) in [5.74, 6) is -2.95. The summed E-state index contributed by atoms with van der Waals surface area (Å²) in [6.07, 6.45) is -3.50. The number of H-pyrrole nitrogens is 1. The molecule has 0 aliphatic heterocycles. The normalized spacial score (nSPS) is 11.7. The number of carbonyl (C=O) groups is 1. The number of halogens is 5. The molecule has 0 atom stereocenters. The Hall–Kier alpha value is -4.02. The molecule has 0 aliphatic rings. The molecule has 0 bridgehead atoms. The number of benzene rings is 2. The Kier molecular flexibility index (Phi) is 5.48. The van der Waals surface area contributed by atoms with Crippen LogP contribution in [-0.4, -0.2) is 26.9 Å². The summed E-state index contributed by atoms with van der Waals surface area (Å²) in [6, 6.07) is 6.48. The van der Waals surface area contributed by atoms with Gasteiger partial charge in [0.15, 0.2) is 0 Å². The summed E-state index contributed by atoms with van der Waals surface area (Å²) in [6.45, 7) is 1.54. The van der Waals surface area contributed by atoms with Crippen LogP contribution in [0.2, 0.25) is 0 Å². The van der Waals surface area contributed by atoms with Crippen molar-refractivity contribution >= 4 is 11.7 Å². The number of hydrogen-bond donors (Lipinski definition) is 1. The molecule has 170 valence electrons. The van der Waals surface area contributed by atoms with Gasteiger partial charge < -0.3 is 9.72 Å². The van der Waals surface area contributed by atoms with E-state index < -0.39 is 40.5 Å². The summed E-state index contributed by atoms with van der Waals surface area (Å²) < 4.78 is 72.9. The molecule has 33 heavy (non-hydrogen) atoms. The van der Waals surface area contributed by atoms with Crippen LogP contribution in [-0.2, 0) is 10.9 Å². The molecule has 4 rings (SSSR count). The van der Waals surface area contributed by atoms with Crippen LogP contribution in [0.4, 0.5) is 22.0 Å². The Morgan fingerprint density at radius 2 is 1.82 bits per heavy atom. The first-order chi connectivity index (χ1) is 15.6. The fourth-order valence-corrected chi connectivity index (χ4v) is 3.34. The van der Waals surface area contributed by atoms with Crippen molar-refractivity contribution in [2.75, 3.05) is 6.61 Å². The molecular formula is C22H14F5N3O3. The molecule has 2 heterocycles. The van der Waals surface area contributed by atoms with Gasteiger partial charge in [-0.3, -0.25) is 4.79 Å². The monoisotopic (exact) mass is 463 g/mol. The lowest BCUT2D eigenvalue weighted by atomic mass is 10.0. The standard InChI is InChI=1S/C22H14F5N3O3/c1-2-33-20(32)15-10-28-21-29-17(11-3-5-12(6-4-11)22(25,26)27)18(30(21)19(15)31)14-8-7-13(23)9-16(14)24/h3-10H,2H2,1H3,(H,28,29). The van der Waals surface area contributed by atoms with Crippen molar-refractivity contribution in [1.29, 1.82) is 0 Å². The van der Waals surface area contributed by atoms with Crippen molar-refractivity contribution in [2.45, 2.75) is 13.1 Å². The number of aromatic nitrogens is 3. The Morgan fingerprint density at radius 3 is 2.42 bits per heavy atom. The van der Waals surface area contributed by atoms with E-state index in [-0.39, 0.29) is 34.9 Å². The van der Waals surface area contributed by atoms with Crippen LogP contribution < -0.4 is 5.56 Å². The van der Waals surface area contributed by atoms with Crippen molar-refractivity contribution in [1.82, 2.24) is 14.4 Å². The van der Waals surface area contributed by atoms with Gasteiger partial charge in [-0.2, -0.15) is 13.2 Å². The number of fused-ring (bicyclic) bond motifs is 1. The minimum absolute atomic E-state index is 0.00348. The zero-order chi connectivity index (χ0) is 23.9. The molecule has 0 spiro atoms. The van der Waals surface area contributed by atoms with E-state index in [4.69, 9.17) is 4.74 Å². The van der Waals surface area contributed by atoms with Gasteiger partial charge in [-0.05, 0) is 31.2 Å². The average molecular weight is 463 g/mol. The van der Waals surface area contributed by atoms with E-state index >= 15 is 0 Å². The van der Waals surface area contributed by atoms with E-state index in [1.807, 2.05) is 0 Å². The van der Waals surface area contributed by atoms with E-state index in [9.17, 15) is 31.5 Å². The quantitative estimate of drug-likeness (QED) is 0.348. The third-order valence-electron chi connectivity index (χ3n) is 4.82. The van der Waals surface area contributed by atoms with Crippen LogP contribution in [0, 0.1) is 11.6 Å². The number of aromatic amines is 1. The minimum atomic E-state index is -4.58.